The van der Waals surface area contributed by atoms with Crippen molar-refractivity contribution in [3.63, 3.8) is 0 Å². The molecule has 2 rings (SSSR count). The molecule has 0 aromatic carbocycles. The molecule has 1 aromatic rings. The molecule has 0 saturated heterocycles. The second-order valence-corrected chi connectivity index (χ2v) is 4.35. The Morgan fingerprint density at radius 3 is 2.62 bits per heavy atom. The summed E-state index contributed by atoms with van der Waals surface area (Å²) in [6.07, 6.45) is 5.89. The van der Waals surface area contributed by atoms with Gasteiger partial charge in [0, 0.05) is 13.2 Å². The average Bonchev–Trinajstić information content (AvgIpc) is 2.74. The standard InChI is InChI=1S/C12H15NO3/c1-13-7-6-9(8-4-2-3-5-8)10(11(13)14)12(15)16/h6-8H,2-5H2,1H3,(H,15,16). The molecule has 1 aliphatic carbocycles. The van der Waals surface area contributed by atoms with Crippen LogP contribution in [0.15, 0.2) is 17.1 Å². The van der Waals surface area contributed by atoms with E-state index < -0.39 is 11.5 Å². The molecule has 1 aliphatic rings. The van der Waals surface area contributed by atoms with Gasteiger partial charge in [-0.3, -0.25) is 4.79 Å². The first-order chi connectivity index (χ1) is 7.61. The number of carboxylic acid groups (broad SMARTS) is 1. The quantitative estimate of drug-likeness (QED) is 0.827. The monoisotopic (exact) mass is 221 g/mol. The zero-order chi connectivity index (χ0) is 11.7. The fourth-order valence-electron chi connectivity index (χ4n) is 2.43. The van der Waals surface area contributed by atoms with Gasteiger partial charge in [0.1, 0.15) is 5.56 Å². The Morgan fingerprint density at radius 2 is 2.06 bits per heavy atom. The van der Waals surface area contributed by atoms with Crippen LogP contribution < -0.4 is 5.56 Å². The SMILES string of the molecule is Cn1ccc(C2CCCC2)c(C(=O)O)c1=O. The number of nitrogens with zero attached hydrogens (tertiary/aromatic N) is 1. The average molecular weight is 221 g/mol. The van der Waals surface area contributed by atoms with Gasteiger partial charge in [0.05, 0.1) is 0 Å². The minimum atomic E-state index is -1.11. The minimum absolute atomic E-state index is 0.0445. The lowest BCUT2D eigenvalue weighted by molar-refractivity contribution is 0.0692. The number of aromatic carboxylic acids is 1. The van der Waals surface area contributed by atoms with Crippen LogP contribution in [0.4, 0.5) is 0 Å². The number of carboxylic acids is 1. The second kappa shape index (κ2) is 4.12. The van der Waals surface area contributed by atoms with E-state index in [0.29, 0.717) is 5.56 Å². The van der Waals surface area contributed by atoms with Gasteiger partial charge in [0.2, 0.25) is 0 Å². The van der Waals surface area contributed by atoms with Crippen LogP contribution >= 0.6 is 0 Å². The van der Waals surface area contributed by atoms with Crippen LogP contribution in [0, 0.1) is 0 Å². The summed E-state index contributed by atoms with van der Waals surface area (Å²) < 4.78 is 1.32. The highest BCUT2D eigenvalue weighted by Gasteiger charge is 2.24. The van der Waals surface area contributed by atoms with E-state index in [0.717, 1.165) is 25.7 Å². The number of aryl methyl sites for hydroxylation is 1. The summed E-state index contributed by atoms with van der Waals surface area (Å²) in [6.45, 7) is 0. The lowest BCUT2D eigenvalue weighted by atomic mass is 9.94. The van der Waals surface area contributed by atoms with E-state index in [9.17, 15) is 9.59 Å². The fourth-order valence-corrected chi connectivity index (χ4v) is 2.43. The van der Waals surface area contributed by atoms with Crippen molar-refractivity contribution in [2.45, 2.75) is 31.6 Å². The molecular formula is C12H15NO3. The van der Waals surface area contributed by atoms with Gasteiger partial charge in [-0.25, -0.2) is 4.79 Å². The van der Waals surface area contributed by atoms with Crippen LogP contribution in [0.3, 0.4) is 0 Å². The Labute approximate surface area is 93.5 Å². The summed E-state index contributed by atoms with van der Waals surface area (Å²) in [5, 5.41) is 9.12. The molecule has 1 fully saturated rings. The first-order valence-corrected chi connectivity index (χ1v) is 5.54. The maximum atomic E-state index is 11.8. The van der Waals surface area contributed by atoms with Crippen molar-refractivity contribution in [3.8, 4) is 0 Å². The van der Waals surface area contributed by atoms with E-state index in [1.54, 1.807) is 19.3 Å². The molecule has 0 radical (unpaired) electrons. The van der Waals surface area contributed by atoms with Gasteiger partial charge in [-0.05, 0) is 30.4 Å². The molecule has 1 saturated carbocycles. The van der Waals surface area contributed by atoms with Gasteiger partial charge in [-0.15, -0.1) is 0 Å². The van der Waals surface area contributed by atoms with Crippen molar-refractivity contribution in [1.82, 2.24) is 4.57 Å². The van der Waals surface area contributed by atoms with Crippen LogP contribution in [0.1, 0.15) is 47.5 Å². The molecule has 16 heavy (non-hydrogen) atoms. The highest BCUT2D eigenvalue weighted by atomic mass is 16.4. The molecule has 0 atom stereocenters. The molecule has 86 valence electrons. The van der Waals surface area contributed by atoms with Crippen LogP contribution in [0.5, 0.6) is 0 Å². The van der Waals surface area contributed by atoms with Crippen molar-refractivity contribution in [2.24, 2.45) is 7.05 Å². The molecule has 4 heteroatoms. The zero-order valence-electron chi connectivity index (χ0n) is 9.27. The Hall–Kier alpha value is -1.58. The Balaban J connectivity index is 2.56. The number of pyridine rings is 1. The van der Waals surface area contributed by atoms with E-state index >= 15 is 0 Å². The largest absolute Gasteiger partial charge is 0.477 e. The molecule has 1 aromatic heterocycles. The van der Waals surface area contributed by atoms with Gasteiger partial charge < -0.3 is 9.67 Å². The number of hydrogen-bond donors (Lipinski definition) is 1. The number of aromatic nitrogens is 1. The van der Waals surface area contributed by atoms with Crippen molar-refractivity contribution in [1.29, 1.82) is 0 Å². The Morgan fingerprint density at radius 1 is 1.44 bits per heavy atom. The Bertz CT molecular complexity index is 470. The molecule has 0 amide bonds. The number of carbonyl (C=O) groups is 1. The molecule has 1 heterocycles. The van der Waals surface area contributed by atoms with E-state index in [1.807, 2.05) is 0 Å². The first kappa shape index (κ1) is 10.9. The van der Waals surface area contributed by atoms with Crippen LogP contribution in [-0.2, 0) is 7.05 Å². The Kier molecular flexibility index (Phi) is 2.81. The number of rotatable bonds is 2. The smallest absolute Gasteiger partial charge is 0.341 e. The van der Waals surface area contributed by atoms with Crippen LogP contribution in [0.2, 0.25) is 0 Å². The third kappa shape index (κ3) is 1.75. The van der Waals surface area contributed by atoms with Gasteiger partial charge in [0.25, 0.3) is 5.56 Å². The highest BCUT2D eigenvalue weighted by Crippen LogP contribution is 2.34. The van der Waals surface area contributed by atoms with Crippen molar-refractivity contribution in [3.05, 3.63) is 33.7 Å². The predicted octanol–water partition coefficient (Wildman–Crippen LogP) is 1.74. The molecule has 0 aliphatic heterocycles. The third-order valence-electron chi connectivity index (χ3n) is 3.31. The summed E-state index contributed by atoms with van der Waals surface area (Å²) in [7, 11) is 1.58. The first-order valence-electron chi connectivity index (χ1n) is 5.54. The summed E-state index contributed by atoms with van der Waals surface area (Å²) >= 11 is 0. The van der Waals surface area contributed by atoms with Gasteiger partial charge >= 0.3 is 5.97 Å². The van der Waals surface area contributed by atoms with Crippen LogP contribution in [-0.4, -0.2) is 15.6 Å². The molecule has 0 bridgehead atoms. The third-order valence-corrected chi connectivity index (χ3v) is 3.31. The molecule has 4 nitrogen and oxygen atoms in total. The summed E-state index contributed by atoms with van der Waals surface area (Å²) in [4.78, 5) is 22.9. The van der Waals surface area contributed by atoms with Gasteiger partial charge in [-0.2, -0.15) is 0 Å². The maximum absolute atomic E-state index is 11.8. The molecule has 0 spiro atoms. The lowest BCUT2D eigenvalue weighted by Crippen LogP contribution is -2.26. The van der Waals surface area contributed by atoms with Crippen molar-refractivity contribution >= 4 is 5.97 Å². The van der Waals surface area contributed by atoms with Gasteiger partial charge in [-0.1, -0.05) is 12.8 Å². The topological polar surface area (TPSA) is 59.3 Å². The number of hydrogen-bond acceptors (Lipinski definition) is 2. The van der Waals surface area contributed by atoms with Crippen LogP contribution in [0.25, 0.3) is 0 Å². The molecular weight excluding hydrogens is 206 g/mol. The summed E-state index contributed by atoms with van der Waals surface area (Å²) in [6, 6.07) is 1.78. The summed E-state index contributed by atoms with van der Waals surface area (Å²) in [5.41, 5.74) is 0.266. The van der Waals surface area contributed by atoms with Crippen molar-refractivity contribution < 1.29 is 9.90 Å². The molecule has 1 N–H and O–H groups in total. The predicted molar refractivity (Wildman–Crippen MR) is 59.9 cm³/mol. The van der Waals surface area contributed by atoms with E-state index in [4.69, 9.17) is 5.11 Å². The minimum Gasteiger partial charge on any atom is -0.477 e. The normalized spacial score (nSPS) is 16.6. The lowest BCUT2D eigenvalue weighted by Gasteiger charge is -2.13. The van der Waals surface area contributed by atoms with Gasteiger partial charge in [0.15, 0.2) is 0 Å². The van der Waals surface area contributed by atoms with E-state index in [1.165, 1.54) is 4.57 Å². The van der Waals surface area contributed by atoms with Crippen molar-refractivity contribution in [2.75, 3.05) is 0 Å². The molecule has 0 unspecified atom stereocenters. The maximum Gasteiger partial charge on any atom is 0.341 e. The highest BCUT2D eigenvalue weighted by molar-refractivity contribution is 5.89. The van der Waals surface area contributed by atoms with E-state index in [-0.39, 0.29) is 11.5 Å². The second-order valence-electron chi connectivity index (χ2n) is 4.35. The van der Waals surface area contributed by atoms with E-state index in [2.05, 4.69) is 0 Å². The summed E-state index contributed by atoms with van der Waals surface area (Å²) in [5.74, 6) is -0.858. The fraction of sp³-hybridized carbons (Fsp3) is 0.500. The zero-order valence-corrected chi connectivity index (χ0v) is 9.27.